The number of halogens is 1. The lowest BCUT2D eigenvalue weighted by molar-refractivity contribution is 0.0743. The molecule has 1 saturated carbocycles. The van der Waals surface area contributed by atoms with Crippen LogP contribution in [0, 0.1) is 0 Å². The molecule has 2 unspecified atom stereocenters. The molecule has 1 amide bonds. The van der Waals surface area contributed by atoms with Gasteiger partial charge in [0.2, 0.25) is 0 Å². The number of hydrogen-bond donors (Lipinski definition) is 1. The van der Waals surface area contributed by atoms with Gasteiger partial charge in [-0.3, -0.25) is 10.2 Å². The third-order valence-electron chi connectivity index (χ3n) is 6.10. The van der Waals surface area contributed by atoms with Gasteiger partial charge in [-0.05, 0) is 50.2 Å². The minimum Gasteiger partial charge on any atom is -0.283 e. The highest BCUT2D eigenvalue weighted by Crippen LogP contribution is 2.54. The van der Waals surface area contributed by atoms with Gasteiger partial charge in [0.1, 0.15) is 0 Å². The predicted octanol–water partition coefficient (Wildman–Crippen LogP) is 4.02. The number of nitrogens with zero attached hydrogens (tertiary/aromatic N) is 3. The lowest BCUT2D eigenvalue weighted by Gasteiger charge is -2.26. The Morgan fingerprint density at radius 2 is 1.88 bits per heavy atom. The number of para-hydroxylation sites is 1. The number of hydrazine groups is 1. The van der Waals surface area contributed by atoms with Crippen molar-refractivity contribution in [3.63, 3.8) is 0 Å². The van der Waals surface area contributed by atoms with Crippen LogP contribution in [-0.2, 0) is 0 Å². The molecular weight excluding hydrogens is 348 g/mol. The van der Waals surface area contributed by atoms with Gasteiger partial charge in [-0.1, -0.05) is 30.2 Å². The molecule has 0 spiro atoms. The lowest BCUT2D eigenvalue weighted by Crippen LogP contribution is -2.45. The third kappa shape index (κ3) is 2.57. The van der Waals surface area contributed by atoms with Gasteiger partial charge in [0.05, 0.1) is 16.4 Å². The predicted molar refractivity (Wildman–Crippen MR) is 101 cm³/mol. The topological polar surface area (TPSA) is 50.2 Å². The standard InChI is InChI=1S/C20H23ClN4O/c21-15-6-2-3-7-16(15)25-19-14-9-8-13(12-14)17(19)18(22-25)20(26)23-24-10-4-1-5-11-24/h2-3,6-7,13-14H,1,4-5,8-12H2,(H,23,26). The van der Waals surface area contributed by atoms with E-state index in [-0.39, 0.29) is 5.91 Å². The average molecular weight is 371 g/mol. The summed E-state index contributed by atoms with van der Waals surface area (Å²) in [6, 6.07) is 7.75. The molecule has 2 aliphatic carbocycles. The van der Waals surface area contributed by atoms with E-state index in [0.717, 1.165) is 50.0 Å². The second-order valence-corrected chi connectivity index (χ2v) is 8.11. The molecule has 26 heavy (non-hydrogen) atoms. The molecule has 2 bridgehead atoms. The summed E-state index contributed by atoms with van der Waals surface area (Å²) < 4.78 is 1.94. The molecule has 2 atom stereocenters. The van der Waals surface area contributed by atoms with Crippen LogP contribution >= 0.6 is 11.6 Å². The summed E-state index contributed by atoms with van der Waals surface area (Å²) in [6.07, 6.45) is 7.00. The van der Waals surface area contributed by atoms with Crippen LogP contribution in [0.2, 0.25) is 5.02 Å². The van der Waals surface area contributed by atoms with E-state index in [2.05, 4.69) is 5.43 Å². The van der Waals surface area contributed by atoms with Crippen molar-refractivity contribution in [1.82, 2.24) is 20.2 Å². The van der Waals surface area contributed by atoms with E-state index in [1.54, 1.807) is 0 Å². The molecule has 1 aliphatic heterocycles. The molecule has 1 N–H and O–H groups in total. The van der Waals surface area contributed by atoms with Crippen LogP contribution < -0.4 is 5.43 Å². The van der Waals surface area contributed by atoms with Gasteiger partial charge < -0.3 is 0 Å². The first-order chi connectivity index (χ1) is 12.7. The van der Waals surface area contributed by atoms with Crippen molar-refractivity contribution in [2.45, 2.75) is 50.4 Å². The van der Waals surface area contributed by atoms with Crippen molar-refractivity contribution in [3.8, 4) is 5.69 Å². The van der Waals surface area contributed by atoms with Crippen molar-refractivity contribution in [2.75, 3.05) is 13.1 Å². The summed E-state index contributed by atoms with van der Waals surface area (Å²) in [5.74, 6) is 0.894. The van der Waals surface area contributed by atoms with Crippen molar-refractivity contribution in [2.24, 2.45) is 0 Å². The second-order valence-electron chi connectivity index (χ2n) is 7.71. The zero-order valence-electron chi connectivity index (χ0n) is 14.7. The first-order valence-electron chi connectivity index (χ1n) is 9.66. The fourth-order valence-electron chi connectivity index (χ4n) is 4.91. The Morgan fingerprint density at radius 3 is 2.69 bits per heavy atom. The highest BCUT2D eigenvalue weighted by atomic mass is 35.5. The van der Waals surface area contributed by atoms with Crippen LogP contribution in [-0.4, -0.2) is 33.8 Å². The van der Waals surface area contributed by atoms with Crippen molar-refractivity contribution < 1.29 is 4.79 Å². The van der Waals surface area contributed by atoms with Crippen molar-refractivity contribution in [1.29, 1.82) is 0 Å². The van der Waals surface area contributed by atoms with Gasteiger partial charge in [0.15, 0.2) is 5.69 Å². The SMILES string of the molecule is O=C(NN1CCCCC1)c1nn(-c2ccccc2Cl)c2c1C1CCC2C1. The third-order valence-corrected chi connectivity index (χ3v) is 6.42. The zero-order chi connectivity index (χ0) is 17.7. The van der Waals surface area contributed by atoms with Gasteiger partial charge in [-0.25, -0.2) is 9.69 Å². The molecule has 6 heteroatoms. The number of hydrogen-bond acceptors (Lipinski definition) is 3. The zero-order valence-corrected chi connectivity index (χ0v) is 15.5. The van der Waals surface area contributed by atoms with Crippen LogP contribution in [0.4, 0.5) is 0 Å². The smallest absolute Gasteiger partial charge is 0.283 e. The van der Waals surface area contributed by atoms with Gasteiger partial charge >= 0.3 is 0 Å². The number of piperidine rings is 1. The average Bonchev–Trinajstić information content (AvgIpc) is 3.36. The monoisotopic (exact) mass is 370 g/mol. The number of benzene rings is 1. The number of aromatic nitrogens is 2. The Kier molecular flexibility index (Phi) is 4.02. The van der Waals surface area contributed by atoms with E-state index in [9.17, 15) is 4.79 Å². The molecule has 1 aromatic heterocycles. The summed E-state index contributed by atoms with van der Waals surface area (Å²) in [4.78, 5) is 13.0. The Balaban J connectivity index is 1.54. The molecule has 2 heterocycles. The van der Waals surface area contributed by atoms with E-state index in [4.69, 9.17) is 16.7 Å². The maximum Gasteiger partial charge on any atom is 0.286 e. The first-order valence-corrected chi connectivity index (χ1v) is 10.0. The van der Waals surface area contributed by atoms with Gasteiger partial charge in [-0.2, -0.15) is 5.10 Å². The number of carbonyl (C=O) groups is 1. The van der Waals surface area contributed by atoms with Crippen LogP contribution in [0.5, 0.6) is 0 Å². The van der Waals surface area contributed by atoms with E-state index in [0.29, 0.717) is 22.6 Å². The van der Waals surface area contributed by atoms with Gasteiger partial charge in [0.25, 0.3) is 5.91 Å². The summed E-state index contributed by atoms with van der Waals surface area (Å²) in [6.45, 7) is 1.84. The highest BCUT2D eigenvalue weighted by molar-refractivity contribution is 6.32. The van der Waals surface area contributed by atoms with E-state index in [1.807, 2.05) is 34.0 Å². The largest absolute Gasteiger partial charge is 0.286 e. The minimum atomic E-state index is -0.0681. The van der Waals surface area contributed by atoms with Gasteiger partial charge in [-0.15, -0.1) is 0 Å². The van der Waals surface area contributed by atoms with E-state index >= 15 is 0 Å². The second kappa shape index (κ2) is 6.39. The number of nitrogens with one attached hydrogen (secondary N) is 1. The summed E-state index contributed by atoms with van der Waals surface area (Å²) in [5, 5.41) is 7.47. The molecule has 136 valence electrons. The molecule has 1 saturated heterocycles. The molecule has 2 aromatic rings. The minimum absolute atomic E-state index is 0.0681. The molecule has 2 fully saturated rings. The summed E-state index contributed by atoms with van der Waals surface area (Å²) in [5.41, 5.74) is 6.92. The van der Waals surface area contributed by atoms with Crippen LogP contribution in [0.15, 0.2) is 24.3 Å². The van der Waals surface area contributed by atoms with Gasteiger partial charge in [0, 0.05) is 24.6 Å². The molecule has 5 rings (SSSR count). The first kappa shape index (κ1) is 16.3. The Hall–Kier alpha value is -1.85. The molecule has 3 aliphatic rings. The molecular formula is C20H23ClN4O. The highest BCUT2D eigenvalue weighted by Gasteiger charge is 2.44. The molecule has 5 nitrogen and oxygen atoms in total. The normalized spacial score (nSPS) is 24.7. The van der Waals surface area contributed by atoms with Crippen LogP contribution in [0.3, 0.4) is 0 Å². The Morgan fingerprint density at radius 1 is 1.12 bits per heavy atom. The number of amides is 1. The lowest BCUT2D eigenvalue weighted by atomic mass is 9.95. The molecule has 0 radical (unpaired) electrons. The van der Waals surface area contributed by atoms with Crippen LogP contribution in [0.1, 0.15) is 72.1 Å². The number of rotatable bonds is 3. The van der Waals surface area contributed by atoms with E-state index in [1.165, 1.54) is 18.5 Å². The number of fused-ring (bicyclic) bond motifs is 5. The van der Waals surface area contributed by atoms with E-state index < -0.39 is 0 Å². The summed E-state index contributed by atoms with van der Waals surface area (Å²) in [7, 11) is 0. The van der Waals surface area contributed by atoms with Crippen LogP contribution in [0.25, 0.3) is 5.69 Å². The summed E-state index contributed by atoms with van der Waals surface area (Å²) >= 11 is 6.44. The molecule has 1 aromatic carbocycles. The number of carbonyl (C=O) groups excluding carboxylic acids is 1. The Labute approximate surface area is 158 Å². The van der Waals surface area contributed by atoms with Crippen molar-refractivity contribution in [3.05, 3.63) is 46.2 Å². The van der Waals surface area contributed by atoms with Crippen molar-refractivity contribution >= 4 is 17.5 Å². The maximum atomic E-state index is 13.0. The fourth-order valence-corrected chi connectivity index (χ4v) is 5.12. The quantitative estimate of drug-likeness (QED) is 0.887. The fraction of sp³-hybridized carbons (Fsp3) is 0.500. The Bertz CT molecular complexity index is 855. The maximum absolute atomic E-state index is 13.0.